The molecule has 1 N–H and O–H groups in total. The number of hydrogen-bond acceptors (Lipinski definition) is 5. The standard InChI is InChI=1S/C22H22ClN3O3S/c1-3-28-19-9-8-14(10-20(19)29-4-2)22(27)24-21-17-12-30-13-18(17)25-26(21)16-7-5-6-15(23)11-16/h5-11H,3-4,12-13H2,1-2H3,(H,24,27). The zero-order chi connectivity index (χ0) is 21.1. The Morgan fingerprint density at radius 1 is 1.13 bits per heavy atom. The van der Waals surface area contributed by atoms with Crippen molar-refractivity contribution in [3.8, 4) is 17.2 Å². The van der Waals surface area contributed by atoms with Crippen LogP contribution in [-0.2, 0) is 11.5 Å². The second kappa shape index (κ2) is 9.02. The van der Waals surface area contributed by atoms with Crippen molar-refractivity contribution in [2.75, 3.05) is 18.5 Å². The molecule has 1 aliphatic heterocycles. The molecule has 0 saturated heterocycles. The van der Waals surface area contributed by atoms with Gasteiger partial charge in [-0.3, -0.25) is 4.79 Å². The van der Waals surface area contributed by atoms with Crippen LogP contribution in [0.25, 0.3) is 5.69 Å². The lowest BCUT2D eigenvalue weighted by molar-refractivity contribution is 0.102. The van der Waals surface area contributed by atoms with Crippen molar-refractivity contribution in [3.05, 3.63) is 64.3 Å². The highest BCUT2D eigenvalue weighted by Crippen LogP contribution is 2.37. The number of aromatic nitrogens is 2. The van der Waals surface area contributed by atoms with Gasteiger partial charge in [0.2, 0.25) is 0 Å². The van der Waals surface area contributed by atoms with E-state index in [0.717, 1.165) is 28.5 Å². The molecule has 0 bridgehead atoms. The number of nitrogens with zero attached hydrogens (tertiary/aromatic N) is 2. The zero-order valence-corrected chi connectivity index (χ0v) is 18.3. The van der Waals surface area contributed by atoms with E-state index in [1.54, 1.807) is 34.6 Å². The molecular weight excluding hydrogens is 422 g/mol. The minimum Gasteiger partial charge on any atom is -0.490 e. The zero-order valence-electron chi connectivity index (χ0n) is 16.8. The number of ether oxygens (including phenoxy) is 2. The largest absolute Gasteiger partial charge is 0.490 e. The molecule has 4 rings (SSSR count). The van der Waals surface area contributed by atoms with Gasteiger partial charge in [0.25, 0.3) is 5.91 Å². The van der Waals surface area contributed by atoms with E-state index in [4.69, 9.17) is 26.2 Å². The summed E-state index contributed by atoms with van der Waals surface area (Å²) in [4.78, 5) is 13.1. The lowest BCUT2D eigenvalue weighted by atomic mass is 10.1. The molecule has 3 aromatic rings. The number of anilines is 1. The van der Waals surface area contributed by atoms with Gasteiger partial charge in [0, 0.05) is 27.7 Å². The number of rotatable bonds is 7. The molecule has 6 nitrogen and oxygen atoms in total. The van der Waals surface area contributed by atoms with Crippen molar-refractivity contribution in [3.63, 3.8) is 0 Å². The van der Waals surface area contributed by atoms with Crippen LogP contribution >= 0.6 is 23.4 Å². The maximum Gasteiger partial charge on any atom is 0.256 e. The Morgan fingerprint density at radius 3 is 2.70 bits per heavy atom. The van der Waals surface area contributed by atoms with Crippen LogP contribution in [0.5, 0.6) is 11.5 Å². The molecule has 0 atom stereocenters. The number of halogens is 1. The highest BCUT2D eigenvalue weighted by Gasteiger charge is 2.25. The SMILES string of the molecule is CCOc1ccc(C(=O)Nc2c3c(nn2-c2cccc(Cl)c2)CSC3)cc1OCC. The first-order valence-corrected chi connectivity index (χ1v) is 11.3. The van der Waals surface area contributed by atoms with Gasteiger partial charge in [-0.25, -0.2) is 4.68 Å². The molecule has 0 radical (unpaired) electrons. The van der Waals surface area contributed by atoms with Crippen LogP contribution in [0, 0.1) is 0 Å². The fraction of sp³-hybridized carbons (Fsp3) is 0.273. The minimum absolute atomic E-state index is 0.234. The second-order valence-corrected chi connectivity index (χ2v) is 8.06. The van der Waals surface area contributed by atoms with E-state index in [0.29, 0.717) is 41.1 Å². The molecule has 1 aliphatic rings. The minimum atomic E-state index is -0.234. The third-order valence-corrected chi connectivity index (χ3v) is 5.85. The van der Waals surface area contributed by atoms with E-state index >= 15 is 0 Å². The monoisotopic (exact) mass is 443 g/mol. The van der Waals surface area contributed by atoms with E-state index in [1.165, 1.54) is 0 Å². The van der Waals surface area contributed by atoms with Crippen LogP contribution in [0.15, 0.2) is 42.5 Å². The quantitative estimate of drug-likeness (QED) is 0.535. The predicted molar refractivity (Wildman–Crippen MR) is 120 cm³/mol. The molecule has 1 aromatic heterocycles. The molecule has 0 aliphatic carbocycles. The van der Waals surface area contributed by atoms with Crippen molar-refractivity contribution < 1.29 is 14.3 Å². The maximum atomic E-state index is 13.1. The molecular formula is C22H22ClN3O3S. The van der Waals surface area contributed by atoms with Crippen LogP contribution in [0.2, 0.25) is 5.02 Å². The van der Waals surface area contributed by atoms with Gasteiger partial charge in [0.15, 0.2) is 11.5 Å². The normalized spacial score (nSPS) is 12.5. The number of thioether (sulfide) groups is 1. The van der Waals surface area contributed by atoms with Crippen LogP contribution in [-0.4, -0.2) is 28.9 Å². The van der Waals surface area contributed by atoms with E-state index in [9.17, 15) is 4.79 Å². The van der Waals surface area contributed by atoms with E-state index in [1.807, 2.05) is 38.1 Å². The first kappa shape index (κ1) is 20.6. The van der Waals surface area contributed by atoms with Crippen LogP contribution in [0.4, 0.5) is 5.82 Å². The summed E-state index contributed by atoms with van der Waals surface area (Å²) in [6.45, 7) is 4.81. The number of hydrogen-bond donors (Lipinski definition) is 1. The van der Waals surface area contributed by atoms with Crippen molar-refractivity contribution in [1.29, 1.82) is 0 Å². The average Bonchev–Trinajstić information content (AvgIpc) is 3.32. The Morgan fingerprint density at radius 2 is 1.93 bits per heavy atom. The Bertz CT molecular complexity index is 1080. The Kier molecular flexibility index (Phi) is 6.20. The third kappa shape index (κ3) is 4.13. The van der Waals surface area contributed by atoms with Gasteiger partial charge in [-0.05, 0) is 50.2 Å². The molecule has 0 saturated carbocycles. The summed E-state index contributed by atoms with van der Waals surface area (Å²) >= 11 is 7.95. The topological polar surface area (TPSA) is 65.4 Å². The molecule has 2 aromatic carbocycles. The van der Waals surface area contributed by atoms with Gasteiger partial charge in [-0.15, -0.1) is 0 Å². The number of carbonyl (C=O) groups is 1. The van der Waals surface area contributed by atoms with E-state index < -0.39 is 0 Å². The molecule has 0 unspecified atom stereocenters. The third-order valence-electron chi connectivity index (χ3n) is 4.64. The molecule has 156 valence electrons. The summed E-state index contributed by atoms with van der Waals surface area (Å²) in [7, 11) is 0. The van der Waals surface area contributed by atoms with Crippen molar-refractivity contribution >= 4 is 35.1 Å². The summed E-state index contributed by atoms with van der Waals surface area (Å²) in [5.41, 5.74) is 3.32. The first-order valence-electron chi connectivity index (χ1n) is 9.76. The summed E-state index contributed by atoms with van der Waals surface area (Å²) in [6.07, 6.45) is 0. The van der Waals surface area contributed by atoms with Crippen molar-refractivity contribution in [1.82, 2.24) is 9.78 Å². The highest BCUT2D eigenvalue weighted by molar-refractivity contribution is 7.98. The Hall–Kier alpha value is -2.64. The van der Waals surface area contributed by atoms with Crippen molar-refractivity contribution in [2.24, 2.45) is 0 Å². The molecule has 30 heavy (non-hydrogen) atoms. The van der Waals surface area contributed by atoms with E-state index in [-0.39, 0.29) is 5.91 Å². The molecule has 2 heterocycles. The van der Waals surface area contributed by atoms with Crippen LogP contribution in [0.1, 0.15) is 35.5 Å². The van der Waals surface area contributed by atoms with Crippen LogP contribution < -0.4 is 14.8 Å². The fourth-order valence-corrected chi connectivity index (χ4v) is 4.53. The number of nitrogens with one attached hydrogen (secondary N) is 1. The predicted octanol–water partition coefficient (Wildman–Crippen LogP) is 5.32. The lowest BCUT2D eigenvalue weighted by Gasteiger charge is -2.14. The molecule has 0 fully saturated rings. The summed E-state index contributed by atoms with van der Waals surface area (Å²) < 4.78 is 13.0. The fourth-order valence-electron chi connectivity index (χ4n) is 3.31. The molecule has 8 heteroatoms. The van der Waals surface area contributed by atoms with Gasteiger partial charge in [-0.1, -0.05) is 17.7 Å². The van der Waals surface area contributed by atoms with Gasteiger partial charge >= 0.3 is 0 Å². The van der Waals surface area contributed by atoms with Gasteiger partial charge < -0.3 is 14.8 Å². The summed E-state index contributed by atoms with van der Waals surface area (Å²) in [5, 5.41) is 8.38. The number of benzene rings is 2. The van der Waals surface area contributed by atoms with Gasteiger partial charge in [-0.2, -0.15) is 16.9 Å². The summed E-state index contributed by atoms with van der Waals surface area (Å²) in [6, 6.07) is 12.6. The number of amides is 1. The second-order valence-electron chi connectivity index (χ2n) is 6.64. The van der Waals surface area contributed by atoms with Gasteiger partial charge in [0.05, 0.1) is 24.6 Å². The highest BCUT2D eigenvalue weighted by atomic mass is 35.5. The Balaban J connectivity index is 1.68. The van der Waals surface area contributed by atoms with E-state index in [2.05, 4.69) is 5.32 Å². The smallest absolute Gasteiger partial charge is 0.256 e. The van der Waals surface area contributed by atoms with Gasteiger partial charge in [0.1, 0.15) is 5.82 Å². The number of carbonyl (C=O) groups excluding carboxylic acids is 1. The molecule has 1 amide bonds. The number of fused-ring (bicyclic) bond motifs is 1. The molecule has 0 spiro atoms. The van der Waals surface area contributed by atoms with Crippen molar-refractivity contribution in [2.45, 2.75) is 25.4 Å². The maximum absolute atomic E-state index is 13.1. The Labute approximate surface area is 184 Å². The summed E-state index contributed by atoms with van der Waals surface area (Å²) in [5.74, 6) is 3.24. The lowest BCUT2D eigenvalue weighted by Crippen LogP contribution is -2.16. The first-order chi connectivity index (χ1) is 14.6. The van der Waals surface area contributed by atoms with Crippen LogP contribution in [0.3, 0.4) is 0 Å². The average molecular weight is 444 g/mol.